The fourth-order valence-electron chi connectivity index (χ4n) is 4.05. The normalized spacial score (nSPS) is 13.5. The van der Waals surface area contributed by atoms with E-state index >= 15 is 0 Å². The molecule has 1 aliphatic carbocycles. The zero-order valence-corrected chi connectivity index (χ0v) is 23.8. The highest BCUT2D eigenvalue weighted by Gasteiger charge is 2.27. The molecule has 1 aliphatic rings. The number of rotatable bonds is 15. The Bertz CT molecular complexity index is 1350. The lowest BCUT2D eigenvalue weighted by Gasteiger charge is -2.22. The van der Waals surface area contributed by atoms with E-state index in [-0.39, 0.29) is 44.8 Å². The molecule has 7 nitrogen and oxygen atoms in total. The minimum absolute atomic E-state index is 0.0302. The van der Waals surface area contributed by atoms with Crippen LogP contribution in [0.15, 0.2) is 48.8 Å². The lowest BCUT2D eigenvalue weighted by Crippen LogP contribution is -2.17. The summed E-state index contributed by atoms with van der Waals surface area (Å²) in [6, 6.07) is 8.95. The van der Waals surface area contributed by atoms with Crippen molar-refractivity contribution in [2.75, 3.05) is 13.2 Å². The number of para-hydroxylation sites is 1. The SMILES string of the molecule is CCCCOc1c(C=O)cccc1C(=O)O[C@@H](Cc1c(Cl)cncc1Cl)c1ccc(OC(F)F)c(OCC2CC2)c1. The van der Waals surface area contributed by atoms with Crippen molar-refractivity contribution in [1.82, 2.24) is 4.98 Å². The largest absolute Gasteiger partial charge is 0.492 e. The predicted octanol–water partition coefficient (Wildman–Crippen LogP) is 7.91. The van der Waals surface area contributed by atoms with Crippen LogP contribution in [0.5, 0.6) is 17.2 Å². The lowest BCUT2D eigenvalue weighted by molar-refractivity contribution is -0.0515. The molecular formula is C30H29Cl2F2NO6. The van der Waals surface area contributed by atoms with Crippen LogP contribution in [0.25, 0.3) is 0 Å². The van der Waals surface area contributed by atoms with E-state index in [4.69, 9.17) is 37.4 Å². The summed E-state index contributed by atoms with van der Waals surface area (Å²) in [5.74, 6) is -0.347. The number of unbranched alkanes of at least 4 members (excludes halogenated alkanes) is 1. The molecule has 218 valence electrons. The molecule has 1 fully saturated rings. The molecule has 2 aromatic carbocycles. The quantitative estimate of drug-likeness (QED) is 0.0985. The highest BCUT2D eigenvalue weighted by Crippen LogP contribution is 2.38. The van der Waals surface area contributed by atoms with Gasteiger partial charge in [-0.3, -0.25) is 9.78 Å². The number of ether oxygens (including phenoxy) is 4. The molecule has 1 aromatic heterocycles. The van der Waals surface area contributed by atoms with Gasteiger partial charge in [0.2, 0.25) is 0 Å². The topological polar surface area (TPSA) is 84.0 Å². The Morgan fingerprint density at radius 1 is 1.10 bits per heavy atom. The summed E-state index contributed by atoms with van der Waals surface area (Å²) >= 11 is 12.8. The summed E-state index contributed by atoms with van der Waals surface area (Å²) in [5.41, 5.74) is 1.16. The van der Waals surface area contributed by atoms with Crippen LogP contribution in [-0.2, 0) is 11.2 Å². The maximum absolute atomic E-state index is 13.6. The number of aldehydes is 1. The summed E-state index contributed by atoms with van der Waals surface area (Å²) in [5, 5.41) is 0.515. The van der Waals surface area contributed by atoms with Gasteiger partial charge < -0.3 is 18.9 Å². The number of benzene rings is 2. The molecule has 0 unspecified atom stereocenters. The first-order valence-corrected chi connectivity index (χ1v) is 14.0. The minimum atomic E-state index is -3.05. The molecule has 1 saturated carbocycles. The molecule has 0 amide bonds. The Morgan fingerprint density at radius 3 is 2.51 bits per heavy atom. The second-order valence-corrected chi connectivity index (χ2v) is 10.4. The molecule has 0 saturated heterocycles. The summed E-state index contributed by atoms with van der Waals surface area (Å²) in [6.45, 7) is -0.416. The van der Waals surface area contributed by atoms with E-state index in [1.807, 2.05) is 6.92 Å². The number of carbonyl (C=O) groups excluding carboxylic acids is 2. The van der Waals surface area contributed by atoms with Gasteiger partial charge >= 0.3 is 12.6 Å². The number of pyridine rings is 1. The highest BCUT2D eigenvalue weighted by atomic mass is 35.5. The van der Waals surface area contributed by atoms with Crippen molar-refractivity contribution < 1.29 is 37.3 Å². The first-order chi connectivity index (χ1) is 19.8. The molecular weight excluding hydrogens is 579 g/mol. The fourth-order valence-corrected chi connectivity index (χ4v) is 4.57. The van der Waals surface area contributed by atoms with Crippen LogP contribution >= 0.6 is 23.2 Å². The zero-order valence-electron chi connectivity index (χ0n) is 22.3. The third-order valence-electron chi connectivity index (χ3n) is 6.45. The van der Waals surface area contributed by atoms with Gasteiger partial charge in [-0.15, -0.1) is 0 Å². The Morgan fingerprint density at radius 2 is 1.85 bits per heavy atom. The van der Waals surface area contributed by atoms with Gasteiger partial charge in [0.1, 0.15) is 17.4 Å². The lowest BCUT2D eigenvalue weighted by atomic mass is 10.0. The van der Waals surface area contributed by atoms with Crippen LogP contribution < -0.4 is 14.2 Å². The van der Waals surface area contributed by atoms with Gasteiger partial charge in [0.15, 0.2) is 17.8 Å². The van der Waals surface area contributed by atoms with E-state index in [1.165, 1.54) is 36.7 Å². The standard InChI is InChI=1S/C30H29Cl2F2NO6/c1-2-3-11-38-28-20(16-36)5-4-6-21(28)29(37)40-26(13-22-23(31)14-35-15-24(22)32)19-9-10-25(41-30(33)34)27(12-19)39-17-18-7-8-18/h4-6,9-10,12,14-16,18,26,30H,2-3,7-8,11,13,17H2,1H3/t26-/m0/s1. The molecule has 0 spiro atoms. The van der Waals surface area contributed by atoms with Gasteiger partial charge in [0, 0.05) is 18.8 Å². The molecule has 1 atom stereocenters. The molecule has 1 heterocycles. The van der Waals surface area contributed by atoms with E-state index in [2.05, 4.69) is 9.72 Å². The van der Waals surface area contributed by atoms with Gasteiger partial charge in [-0.1, -0.05) is 48.7 Å². The Hall–Kier alpha value is -3.43. The van der Waals surface area contributed by atoms with E-state index < -0.39 is 18.7 Å². The number of hydrogen-bond acceptors (Lipinski definition) is 7. The van der Waals surface area contributed by atoms with Gasteiger partial charge in [-0.05, 0) is 60.6 Å². The van der Waals surface area contributed by atoms with Gasteiger partial charge in [0.05, 0.1) is 28.8 Å². The van der Waals surface area contributed by atoms with Crippen molar-refractivity contribution in [1.29, 1.82) is 0 Å². The molecule has 3 aromatic rings. The Kier molecular flexibility index (Phi) is 10.8. The number of esters is 1. The first kappa shape index (κ1) is 30.5. The van der Waals surface area contributed by atoms with Crippen molar-refractivity contribution in [3.05, 3.63) is 81.1 Å². The fraction of sp³-hybridized carbons (Fsp3) is 0.367. The van der Waals surface area contributed by atoms with Crippen LogP contribution in [0.2, 0.25) is 10.0 Å². The summed E-state index contributed by atoms with van der Waals surface area (Å²) in [6.07, 6.45) is 6.04. The summed E-state index contributed by atoms with van der Waals surface area (Å²) in [4.78, 5) is 29.3. The van der Waals surface area contributed by atoms with Crippen LogP contribution in [0.4, 0.5) is 8.78 Å². The first-order valence-electron chi connectivity index (χ1n) is 13.2. The molecule has 0 bridgehead atoms. The van der Waals surface area contributed by atoms with Crippen molar-refractivity contribution in [2.45, 2.75) is 51.7 Å². The maximum atomic E-state index is 13.6. The van der Waals surface area contributed by atoms with Crippen molar-refractivity contribution in [3.8, 4) is 17.2 Å². The van der Waals surface area contributed by atoms with Crippen LogP contribution in [0, 0.1) is 5.92 Å². The highest BCUT2D eigenvalue weighted by molar-refractivity contribution is 6.35. The third-order valence-corrected chi connectivity index (χ3v) is 7.11. The third kappa shape index (κ3) is 8.30. The van der Waals surface area contributed by atoms with Gasteiger partial charge in [0.25, 0.3) is 0 Å². The number of carbonyl (C=O) groups is 2. The van der Waals surface area contributed by atoms with Crippen LogP contribution in [-0.4, -0.2) is 37.1 Å². The maximum Gasteiger partial charge on any atom is 0.387 e. The van der Waals surface area contributed by atoms with E-state index in [9.17, 15) is 18.4 Å². The predicted molar refractivity (Wildman–Crippen MR) is 150 cm³/mol. The molecule has 0 N–H and O–H groups in total. The molecule has 0 aliphatic heterocycles. The molecule has 4 rings (SSSR count). The van der Waals surface area contributed by atoms with Gasteiger partial charge in [-0.25, -0.2) is 4.79 Å². The van der Waals surface area contributed by atoms with E-state index in [0.29, 0.717) is 36.5 Å². The van der Waals surface area contributed by atoms with Crippen LogP contribution in [0.3, 0.4) is 0 Å². The number of halogens is 4. The van der Waals surface area contributed by atoms with Crippen LogP contribution in [0.1, 0.15) is 70.6 Å². The number of aromatic nitrogens is 1. The second kappa shape index (κ2) is 14.5. The number of alkyl halides is 2. The number of nitrogens with zero attached hydrogens (tertiary/aromatic N) is 1. The van der Waals surface area contributed by atoms with Crippen molar-refractivity contribution in [2.24, 2.45) is 5.92 Å². The second-order valence-electron chi connectivity index (χ2n) is 9.56. The van der Waals surface area contributed by atoms with Gasteiger partial charge in [-0.2, -0.15) is 8.78 Å². The molecule has 41 heavy (non-hydrogen) atoms. The Balaban J connectivity index is 1.71. The van der Waals surface area contributed by atoms with E-state index in [1.54, 1.807) is 12.1 Å². The molecule has 0 radical (unpaired) electrons. The molecule has 11 heteroatoms. The summed E-state index contributed by atoms with van der Waals surface area (Å²) < 4.78 is 48.5. The Labute approximate surface area is 246 Å². The average Bonchev–Trinajstić information content (AvgIpc) is 3.78. The van der Waals surface area contributed by atoms with Crippen molar-refractivity contribution in [3.63, 3.8) is 0 Å². The number of hydrogen-bond donors (Lipinski definition) is 0. The van der Waals surface area contributed by atoms with E-state index in [0.717, 1.165) is 25.7 Å². The monoisotopic (exact) mass is 607 g/mol. The zero-order chi connectivity index (χ0) is 29.4. The van der Waals surface area contributed by atoms with Crippen molar-refractivity contribution >= 4 is 35.5 Å². The minimum Gasteiger partial charge on any atom is -0.492 e. The average molecular weight is 608 g/mol. The smallest absolute Gasteiger partial charge is 0.387 e. The summed E-state index contributed by atoms with van der Waals surface area (Å²) in [7, 11) is 0.